The van der Waals surface area contributed by atoms with Gasteiger partial charge in [-0.05, 0) is 52.5 Å². The first kappa shape index (κ1) is 29.5. The van der Waals surface area contributed by atoms with Gasteiger partial charge in [-0.2, -0.15) is 4.84 Å². The lowest BCUT2D eigenvalue weighted by atomic mass is 9.82. The number of carbonyl (C=O) groups excluding carboxylic acids is 1. The molecule has 0 spiro atoms. The zero-order chi connectivity index (χ0) is 23.8. The van der Waals surface area contributed by atoms with Crippen molar-refractivity contribution < 1.29 is 33.6 Å². The van der Waals surface area contributed by atoms with Crippen LogP contribution in [0.5, 0.6) is 0 Å². The van der Waals surface area contributed by atoms with Crippen LogP contribution in [0.2, 0.25) is 0 Å². The lowest BCUT2D eigenvalue weighted by molar-refractivity contribution is -1.10. The van der Waals surface area contributed by atoms with E-state index in [2.05, 4.69) is 0 Å². The number of nitrogens with one attached hydrogen (secondary N) is 1. The first-order valence-electron chi connectivity index (χ1n) is 10.5. The Bertz CT molecular complexity index is 576. The molecule has 0 aliphatic carbocycles. The van der Waals surface area contributed by atoms with Gasteiger partial charge in [0.1, 0.15) is 12.1 Å². The highest BCUT2D eigenvalue weighted by atomic mass is 31.2. The molecule has 3 atom stereocenters. The monoisotopic (exact) mass is 454 g/mol. The number of hydroxylamine groups is 2. The van der Waals surface area contributed by atoms with Gasteiger partial charge in [0, 0.05) is 6.42 Å². The Morgan fingerprint density at radius 1 is 1.17 bits per heavy atom. The summed E-state index contributed by atoms with van der Waals surface area (Å²) in [5, 5.41) is 12.3. The summed E-state index contributed by atoms with van der Waals surface area (Å²) in [6.45, 7) is 14.7. The van der Waals surface area contributed by atoms with Gasteiger partial charge in [0.05, 0.1) is 18.2 Å². The zero-order valence-electron chi connectivity index (χ0n) is 19.9. The topological polar surface area (TPSA) is 136 Å². The van der Waals surface area contributed by atoms with Gasteiger partial charge in [0.2, 0.25) is 0 Å². The summed E-state index contributed by atoms with van der Waals surface area (Å²) in [5.74, 6) is -0.435. The maximum atomic E-state index is 12.8. The van der Waals surface area contributed by atoms with Gasteiger partial charge in [-0.1, -0.05) is 27.7 Å². The molecular weight excluding hydrogens is 411 g/mol. The predicted octanol–water partition coefficient (Wildman–Crippen LogP) is 2.41. The van der Waals surface area contributed by atoms with Crippen LogP contribution < -0.4 is 11.0 Å². The van der Waals surface area contributed by atoms with Crippen LogP contribution in [-0.4, -0.2) is 48.4 Å². The van der Waals surface area contributed by atoms with Crippen LogP contribution in [0.15, 0.2) is 0 Å². The van der Waals surface area contributed by atoms with E-state index in [1.807, 2.05) is 27.7 Å². The standard InChI is InChI=1S/C20H43N2O7P/c1-9-19(5,6)17(23)27-13-16(14-28-30(25,26)12-10-11-21)29-22(24)20(7,8)15-18(2,3)4/h16,22H,9-15,21H2,1-8H3,(H,25,26). The van der Waals surface area contributed by atoms with E-state index in [9.17, 15) is 19.5 Å². The summed E-state index contributed by atoms with van der Waals surface area (Å²) in [6.07, 6.45) is 0.394. The third kappa shape index (κ3) is 11.7. The predicted molar refractivity (Wildman–Crippen MR) is 117 cm³/mol. The Morgan fingerprint density at radius 2 is 1.73 bits per heavy atom. The number of nitrogens with two attached hydrogens (primary N) is 1. The Labute approximate surface area is 181 Å². The number of hydrogen-bond donors (Lipinski definition) is 3. The van der Waals surface area contributed by atoms with Crippen LogP contribution in [0, 0.1) is 16.0 Å². The fourth-order valence-electron chi connectivity index (χ4n) is 2.89. The average molecular weight is 455 g/mol. The highest BCUT2D eigenvalue weighted by molar-refractivity contribution is 7.52. The second kappa shape index (κ2) is 11.9. The molecule has 180 valence electrons. The fraction of sp³-hybridized carbons (Fsp3) is 0.950. The first-order chi connectivity index (χ1) is 13.5. The molecule has 0 aromatic heterocycles. The number of rotatable bonds is 14. The van der Waals surface area contributed by atoms with Gasteiger partial charge in [0.25, 0.3) is 0 Å². The summed E-state index contributed by atoms with van der Waals surface area (Å²) >= 11 is 0. The maximum Gasteiger partial charge on any atom is 0.328 e. The van der Waals surface area contributed by atoms with E-state index in [-0.39, 0.29) is 31.3 Å². The van der Waals surface area contributed by atoms with Crippen molar-refractivity contribution in [3.8, 4) is 0 Å². The van der Waals surface area contributed by atoms with Crippen LogP contribution in [0.1, 0.15) is 74.7 Å². The smallest absolute Gasteiger partial charge is 0.328 e. The summed E-state index contributed by atoms with van der Waals surface area (Å²) in [4.78, 5) is 27.8. The van der Waals surface area contributed by atoms with Crippen LogP contribution in [-0.2, 0) is 23.5 Å². The van der Waals surface area contributed by atoms with Crippen molar-refractivity contribution in [1.29, 1.82) is 0 Å². The second-order valence-corrected chi connectivity index (χ2v) is 12.3. The van der Waals surface area contributed by atoms with Gasteiger partial charge in [-0.15, -0.1) is 0 Å². The normalized spacial score (nSPS) is 17.3. The molecule has 0 radical (unpaired) electrons. The molecule has 0 aromatic rings. The van der Waals surface area contributed by atoms with Crippen molar-refractivity contribution in [3.05, 3.63) is 5.21 Å². The highest BCUT2D eigenvalue weighted by Crippen LogP contribution is 2.42. The molecule has 9 nitrogen and oxygen atoms in total. The van der Waals surface area contributed by atoms with Crippen LogP contribution in [0.4, 0.5) is 0 Å². The molecular formula is C20H43N2O7P. The molecule has 0 saturated carbocycles. The van der Waals surface area contributed by atoms with E-state index >= 15 is 0 Å². The molecule has 0 aliphatic rings. The summed E-state index contributed by atoms with van der Waals surface area (Å²) < 4.78 is 22.6. The van der Waals surface area contributed by atoms with Crippen LogP contribution >= 0.6 is 7.60 Å². The number of esters is 1. The minimum absolute atomic E-state index is 0.0949. The van der Waals surface area contributed by atoms with E-state index < -0.39 is 35.8 Å². The largest absolute Gasteiger partial charge is 0.599 e. The first-order valence-corrected chi connectivity index (χ1v) is 12.3. The maximum absolute atomic E-state index is 12.8. The summed E-state index contributed by atoms with van der Waals surface area (Å²) in [5.41, 5.74) is 3.80. The number of hydrogen-bond acceptors (Lipinski definition) is 7. The van der Waals surface area contributed by atoms with Gasteiger partial charge < -0.3 is 25.1 Å². The number of ether oxygens (including phenoxy) is 1. The number of carbonyl (C=O) groups is 1. The van der Waals surface area contributed by atoms with Gasteiger partial charge >= 0.3 is 13.6 Å². The Morgan fingerprint density at radius 3 is 2.20 bits per heavy atom. The average Bonchev–Trinajstić information content (AvgIpc) is 2.59. The van der Waals surface area contributed by atoms with E-state index in [0.29, 0.717) is 19.3 Å². The molecule has 0 saturated heterocycles. The van der Waals surface area contributed by atoms with Gasteiger partial charge in [-0.25, -0.2) is 5.23 Å². The Hall–Kier alpha value is -0.540. The molecule has 0 aromatic carbocycles. The third-order valence-electron chi connectivity index (χ3n) is 4.74. The highest BCUT2D eigenvalue weighted by Gasteiger charge is 2.35. The van der Waals surface area contributed by atoms with E-state index in [0.717, 1.165) is 0 Å². The molecule has 30 heavy (non-hydrogen) atoms. The lowest BCUT2D eigenvalue weighted by Crippen LogP contribution is -3.15. The van der Waals surface area contributed by atoms with Crippen molar-refractivity contribution >= 4 is 13.6 Å². The van der Waals surface area contributed by atoms with Crippen LogP contribution in [0.3, 0.4) is 0 Å². The van der Waals surface area contributed by atoms with Gasteiger partial charge in [0.15, 0.2) is 6.10 Å². The second-order valence-electron chi connectivity index (χ2n) is 10.3. The Balaban J connectivity index is 5.22. The molecule has 0 bridgehead atoms. The lowest BCUT2D eigenvalue weighted by Gasteiger charge is -2.40. The van der Waals surface area contributed by atoms with Crippen molar-refractivity contribution in [3.63, 3.8) is 0 Å². The summed E-state index contributed by atoms with van der Waals surface area (Å²) in [6, 6.07) is 0. The molecule has 0 aliphatic heterocycles. The third-order valence-corrected chi connectivity index (χ3v) is 6.18. The number of quaternary nitrogens is 1. The van der Waals surface area contributed by atoms with E-state index in [4.69, 9.17) is 19.8 Å². The zero-order valence-corrected chi connectivity index (χ0v) is 20.8. The van der Waals surface area contributed by atoms with Gasteiger partial charge in [-0.3, -0.25) is 9.36 Å². The molecule has 0 rings (SSSR count). The van der Waals surface area contributed by atoms with Crippen molar-refractivity contribution in [1.82, 2.24) is 0 Å². The molecule has 10 heteroatoms. The van der Waals surface area contributed by atoms with E-state index in [1.165, 1.54) is 0 Å². The molecule has 3 unspecified atom stereocenters. The van der Waals surface area contributed by atoms with Crippen molar-refractivity contribution in [2.75, 3.05) is 25.9 Å². The van der Waals surface area contributed by atoms with Crippen molar-refractivity contribution in [2.45, 2.75) is 86.3 Å². The Kier molecular flexibility index (Phi) is 11.7. The van der Waals surface area contributed by atoms with Crippen LogP contribution in [0.25, 0.3) is 0 Å². The van der Waals surface area contributed by atoms with E-state index in [1.54, 1.807) is 27.7 Å². The molecule has 0 fully saturated rings. The minimum Gasteiger partial charge on any atom is -0.599 e. The SMILES string of the molecule is CCC(C)(C)C(=O)OCC(COP(=O)(O)CCCN)O[NH+]([O-])C(C)(C)CC(C)(C)C. The van der Waals surface area contributed by atoms with Crippen molar-refractivity contribution in [2.24, 2.45) is 16.6 Å². The minimum atomic E-state index is -3.88. The molecule has 0 heterocycles. The molecule has 4 N–H and O–H groups in total. The quantitative estimate of drug-likeness (QED) is 0.207. The summed E-state index contributed by atoms with van der Waals surface area (Å²) in [7, 11) is -3.88. The molecule has 0 amide bonds. The fourth-order valence-corrected chi connectivity index (χ4v) is 4.00.